The van der Waals surface area contributed by atoms with Crippen LogP contribution in [0.15, 0.2) is 6.07 Å². The molecule has 13 heavy (non-hydrogen) atoms. The van der Waals surface area contributed by atoms with Crippen LogP contribution in [-0.2, 0) is 6.61 Å². The van der Waals surface area contributed by atoms with E-state index < -0.39 is 6.43 Å². The van der Waals surface area contributed by atoms with Crippen molar-refractivity contribution < 1.29 is 13.9 Å². The minimum absolute atomic E-state index is 0.244. The molecule has 0 bridgehead atoms. The zero-order valence-electron chi connectivity index (χ0n) is 6.27. The van der Waals surface area contributed by atoms with Crippen molar-refractivity contribution >= 4 is 34.2 Å². The van der Waals surface area contributed by atoms with E-state index in [-0.39, 0.29) is 17.3 Å². The van der Waals surface area contributed by atoms with Crippen molar-refractivity contribution in [1.29, 1.82) is 0 Å². The highest BCUT2D eigenvalue weighted by Crippen LogP contribution is 2.30. The molecule has 0 aliphatic rings. The number of hydrogen-bond donors (Lipinski definition) is 1. The molecule has 0 aliphatic carbocycles. The molecule has 1 aromatic heterocycles. The van der Waals surface area contributed by atoms with Crippen LogP contribution in [0.2, 0.25) is 5.15 Å². The van der Waals surface area contributed by atoms with Crippen molar-refractivity contribution in [3.8, 4) is 0 Å². The minimum atomic E-state index is -2.64. The average Bonchev–Trinajstić information content (AvgIpc) is 2.02. The summed E-state index contributed by atoms with van der Waals surface area (Å²) >= 11 is 7.24. The third-order valence-electron chi connectivity index (χ3n) is 1.39. The Labute approximate surface area is 92.1 Å². The summed E-state index contributed by atoms with van der Waals surface area (Å²) in [6.45, 7) is -0.306. The maximum Gasteiger partial charge on any atom is 0.267 e. The third kappa shape index (κ3) is 2.47. The topological polar surface area (TPSA) is 33.1 Å². The largest absolute Gasteiger partial charge is 0.390 e. The molecular formula is C7H5ClF2INO. The van der Waals surface area contributed by atoms with Crippen LogP contribution in [0.3, 0.4) is 0 Å². The summed E-state index contributed by atoms with van der Waals surface area (Å²) in [6.07, 6.45) is -2.64. The molecule has 1 N–H and O–H groups in total. The number of rotatable bonds is 2. The highest BCUT2D eigenvalue weighted by Gasteiger charge is 2.17. The first-order valence-electron chi connectivity index (χ1n) is 3.30. The molecule has 0 saturated carbocycles. The van der Waals surface area contributed by atoms with Gasteiger partial charge in [-0.05, 0) is 28.7 Å². The van der Waals surface area contributed by atoms with Gasteiger partial charge in [-0.3, -0.25) is 0 Å². The minimum Gasteiger partial charge on any atom is -0.390 e. The molecule has 1 heterocycles. The van der Waals surface area contributed by atoms with Gasteiger partial charge in [-0.25, -0.2) is 13.8 Å². The highest BCUT2D eigenvalue weighted by atomic mass is 127. The zero-order valence-corrected chi connectivity index (χ0v) is 9.18. The highest BCUT2D eigenvalue weighted by molar-refractivity contribution is 14.1. The molecule has 0 amide bonds. The molecule has 0 radical (unpaired) electrons. The van der Waals surface area contributed by atoms with Gasteiger partial charge in [0.25, 0.3) is 6.43 Å². The molecule has 0 unspecified atom stereocenters. The average molecular weight is 319 g/mol. The molecule has 0 aliphatic heterocycles. The van der Waals surface area contributed by atoms with Crippen molar-refractivity contribution in [2.24, 2.45) is 0 Å². The second-order valence-corrected chi connectivity index (χ2v) is 3.78. The summed E-state index contributed by atoms with van der Waals surface area (Å²) in [6, 6.07) is 1.38. The Morgan fingerprint density at radius 3 is 2.62 bits per heavy atom. The predicted molar refractivity (Wildman–Crippen MR) is 52.8 cm³/mol. The maximum absolute atomic E-state index is 12.3. The summed E-state index contributed by atoms with van der Waals surface area (Å²) < 4.78 is 25.0. The van der Waals surface area contributed by atoms with E-state index in [2.05, 4.69) is 4.98 Å². The van der Waals surface area contributed by atoms with Crippen molar-refractivity contribution in [3.63, 3.8) is 0 Å². The number of hydrogen-bond acceptors (Lipinski definition) is 2. The molecule has 1 rings (SSSR count). The standard InChI is InChI=1S/C7H5ClF2INO/c8-6-5(7(9)10)4(11)1-3(2-13)12-6/h1,7,13H,2H2. The van der Waals surface area contributed by atoms with E-state index in [4.69, 9.17) is 16.7 Å². The Kier molecular flexibility index (Phi) is 3.81. The molecule has 1 aromatic rings. The number of aliphatic hydroxyl groups excluding tert-OH is 1. The van der Waals surface area contributed by atoms with E-state index in [0.717, 1.165) is 0 Å². The summed E-state index contributed by atoms with van der Waals surface area (Å²) in [5.74, 6) is 0. The molecule has 0 saturated heterocycles. The lowest BCUT2D eigenvalue weighted by Crippen LogP contribution is -1.98. The van der Waals surface area contributed by atoms with Gasteiger partial charge in [0.15, 0.2) is 0 Å². The lowest BCUT2D eigenvalue weighted by Gasteiger charge is -2.06. The Bertz CT molecular complexity index is 298. The van der Waals surface area contributed by atoms with Crippen LogP contribution in [0.1, 0.15) is 17.7 Å². The zero-order chi connectivity index (χ0) is 10.0. The lowest BCUT2D eigenvalue weighted by atomic mass is 10.2. The normalized spacial score (nSPS) is 10.9. The van der Waals surface area contributed by atoms with Gasteiger partial charge in [0.2, 0.25) is 0 Å². The quantitative estimate of drug-likeness (QED) is 0.672. The van der Waals surface area contributed by atoms with Crippen molar-refractivity contribution in [1.82, 2.24) is 4.98 Å². The predicted octanol–water partition coefficient (Wildman–Crippen LogP) is 2.77. The Balaban J connectivity index is 3.23. The fourth-order valence-electron chi connectivity index (χ4n) is 0.816. The Morgan fingerprint density at radius 2 is 2.23 bits per heavy atom. The molecule has 72 valence electrons. The van der Waals surface area contributed by atoms with E-state index in [1.165, 1.54) is 6.07 Å². The van der Waals surface area contributed by atoms with Crippen molar-refractivity contribution in [3.05, 3.63) is 26.0 Å². The van der Waals surface area contributed by atoms with Crippen LogP contribution in [0.5, 0.6) is 0 Å². The Morgan fingerprint density at radius 1 is 1.62 bits per heavy atom. The van der Waals surface area contributed by atoms with E-state index in [1.807, 2.05) is 0 Å². The maximum atomic E-state index is 12.3. The molecule has 0 aromatic carbocycles. The van der Waals surface area contributed by atoms with E-state index >= 15 is 0 Å². The summed E-state index contributed by atoms with van der Waals surface area (Å²) in [4.78, 5) is 3.60. The van der Waals surface area contributed by atoms with Crippen LogP contribution in [0.25, 0.3) is 0 Å². The second-order valence-electron chi connectivity index (χ2n) is 2.26. The van der Waals surface area contributed by atoms with Gasteiger partial charge in [0.05, 0.1) is 17.9 Å². The van der Waals surface area contributed by atoms with Gasteiger partial charge in [-0.15, -0.1) is 0 Å². The smallest absolute Gasteiger partial charge is 0.267 e. The fraction of sp³-hybridized carbons (Fsp3) is 0.286. The van der Waals surface area contributed by atoms with Crippen LogP contribution in [0.4, 0.5) is 8.78 Å². The van der Waals surface area contributed by atoms with Crippen LogP contribution < -0.4 is 0 Å². The summed E-state index contributed by atoms with van der Waals surface area (Å²) in [5.41, 5.74) is 0.0123. The molecule has 0 spiro atoms. The summed E-state index contributed by atoms with van der Waals surface area (Å²) in [5, 5.41) is 8.46. The molecule has 6 heteroatoms. The van der Waals surface area contributed by atoms with Crippen LogP contribution in [0, 0.1) is 3.57 Å². The van der Waals surface area contributed by atoms with E-state index in [9.17, 15) is 8.78 Å². The summed E-state index contributed by atoms with van der Waals surface area (Å²) in [7, 11) is 0. The first kappa shape index (κ1) is 11.1. The van der Waals surface area contributed by atoms with Gasteiger partial charge in [-0.2, -0.15) is 0 Å². The molecule has 0 fully saturated rings. The number of halogens is 4. The van der Waals surface area contributed by atoms with E-state index in [1.54, 1.807) is 22.6 Å². The van der Waals surface area contributed by atoms with E-state index in [0.29, 0.717) is 9.26 Å². The second kappa shape index (κ2) is 4.47. The van der Waals surface area contributed by atoms with Crippen molar-refractivity contribution in [2.75, 3.05) is 0 Å². The van der Waals surface area contributed by atoms with Gasteiger partial charge < -0.3 is 5.11 Å². The first-order chi connectivity index (χ1) is 6.06. The molecular weight excluding hydrogens is 314 g/mol. The Hall–Kier alpha value is -0.0100. The number of aromatic nitrogens is 1. The first-order valence-corrected chi connectivity index (χ1v) is 4.75. The lowest BCUT2D eigenvalue weighted by molar-refractivity contribution is 0.150. The SMILES string of the molecule is OCc1cc(I)c(C(F)F)c(Cl)n1. The fourth-order valence-corrected chi connectivity index (χ4v) is 2.12. The molecule has 0 atom stereocenters. The number of alkyl halides is 2. The van der Waals surface area contributed by atoms with Crippen LogP contribution in [-0.4, -0.2) is 10.1 Å². The van der Waals surface area contributed by atoms with Gasteiger partial charge in [0.1, 0.15) is 5.15 Å². The van der Waals surface area contributed by atoms with Gasteiger partial charge in [-0.1, -0.05) is 11.6 Å². The number of pyridine rings is 1. The monoisotopic (exact) mass is 319 g/mol. The number of aliphatic hydroxyl groups is 1. The molecule has 2 nitrogen and oxygen atoms in total. The van der Waals surface area contributed by atoms with Gasteiger partial charge >= 0.3 is 0 Å². The van der Waals surface area contributed by atoms with Crippen LogP contribution >= 0.6 is 34.2 Å². The van der Waals surface area contributed by atoms with Gasteiger partial charge in [0, 0.05) is 3.57 Å². The number of nitrogens with zero attached hydrogens (tertiary/aromatic N) is 1. The van der Waals surface area contributed by atoms with Crippen molar-refractivity contribution in [2.45, 2.75) is 13.0 Å². The third-order valence-corrected chi connectivity index (χ3v) is 2.58.